The van der Waals surface area contributed by atoms with Gasteiger partial charge in [0, 0.05) is 30.9 Å². The number of fused-ring (bicyclic) bond motifs is 2. The molecule has 1 amide bonds. The molecule has 0 aliphatic carbocycles. The lowest BCUT2D eigenvalue weighted by Gasteiger charge is -2.14. The Morgan fingerprint density at radius 3 is 2.96 bits per heavy atom. The van der Waals surface area contributed by atoms with Crippen LogP contribution in [0, 0.1) is 6.92 Å². The Hall–Kier alpha value is -3.42. The number of hydrogen-bond acceptors (Lipinski definition) is 5. The van der Waals surface area contributed by atoms with Crippen molar-refractivity contribution in [3.8, 4) is 5.75 Å². The predicted molar refractivity (Wildman–Crippen MR) is 96.6 cm³/mol. The third kappa shape index (κ3) is 2.85. The molecule has 0 aliphatic heterocycles. The molecule has 0 aromatic carbocycles. The van der Waals surface area contributed by atoms with Gasteiger partial charge in [0.25, 0.3) is 5.91 Å². The van der Waals surface area contributed by atoms with Crippen LogP contribution in [0.2, 0.25) is 0 Å². The lowest BCUT2D eigenvalue weighted by Crippen LogP contribution is -2.16. The number of nitrogens with one attached hydrogen (secondary N) is 1. The number of anilines is 1. The van der Waals surface area contributed by atoms with E-state index >= 15 is 0 Å². The quantitative estimate of drug-likeness (QED) is 0.612. The Kier molecular flexibility index (Phi) is 3.80. The number of aryl methyl sites for hydroxylation is 1. The van der Waals surface area contributed by atoms with E-state index in [4.69, 9.17) is 4.74 Å². The number of pyridine rings is 1. The molecule has 1 N–H and O–H groups in total. The molecule has 132 valence electrons. The molecule has 0 saturated carbocycles. The van der Waals surface area contributed by atoms with E-state index in [9.17, 15) is 4.79 Å². The van der Waals surface area contributed by atoms with Gasteiger partial charge in [-0.1, -0.05) is 0 Å². The SMILES string of the molecule is Cc1cn2cc(C(=O)Nc3cnn4cccnc34)c(OC(C)C)cc2n1. The molecular weight excluding hydrogens is 332 g/mol. The summed E-state index contributed by atoms with van der Waals surface area (Å²) in [5.74, 6) is 0.189. The lowest BCUT2D eigenvalue weighted by molar-refractivity contribution is 0.102. The fourth-order valence-electron chi connectivity index (χ4n) is 2.77. The maximum Gasteiger partial charge on any atom is 0.261 e. The molecule has 4 aromatic rings. The van der Waals surface area contributed by atoms with Gasteiger partial charge in [0.1, 0.15) is 17.1 Å². The molecule has 4 aromatic heterocycles. The molecule has 0 unspecified atom stereocenters. The van der Waals surface area contributed by atoms with Crippen LogP contribution in [0.1, 0.15) is 29.9 Å². The van der Waals surface area contributed by atoms with Crippen LogP contribution < -0.4 is 10.1 Å². The Labute approximate surface area is 149 Å². The van der Waals surface area contributed by atoms with Crippen LogP contribution in [-0.2, 0) is 0 Å². The number of carbonyl (C=O) groups is 1. The minimum absolute atomic E-state index is 0.0706. The topological polar surface area (TPSA) is 85.8 Å². The van der Waals surface area contributed by atoms with Gasteiger partial charge >= 0.3 is 0 Å². The first-order chi connectivity index (χ1) is 12.5. The number of imidazole rings is 1. The summed E-state index contributed by atoms with van der Waals surface area (Å²) in [7, 11) is 0. The minimum atomic E-state index is -0.297. The molecule has 0 radical (unpaired) electrons. The Balaban J connectivity index is 1.75. The van der Waals surface area contributed by atoms with Gasteiger partial charge in [-0.15, -0.1) is 0 Å². The summed E-state index contributed by atoms with van der Waals surface area (Å²) in [6.07, 6.45) is 8.51. The fraction of sp³-hybridized carbons (Fsp3) is 0.222. The average Bonchev–Trinajstić information content (AvgIpc) is 3.16. The van der Waals surface area contributed by atoms with E-state index in [1.54, 1.807) is 41.4 Å². The van der Waals surface area contributed by atoms with Crippen molar-refractivity contribution in [1.82, 2.24) is 24.0 Å². The van der Waals surface area contributed by atoms with Crippen LogP contribution in [0.25, 0.3) is 11.3 Å². The van der Waals surface area contributed by atoms with Crippen molar-refractivity contribution in [3.05, 3.63) is 54.4 Å². The summed E-state index contributed by atoms with van der Waals surface area (Å²) < 4.78 is 9.25. The Morgan fingerprint density at radius 1 is 1.31 bits per heavy atom. The first-order valence-corrected chi connectivity index (χ1v) is 8.27. The zero-order chi connectivity index (χ0) is 18.3. The third-order valence-electron chi connectivity index (χ3n) is 3.81. The number of carbonyl (C=O) groups excluding carboxylic acids is 1. The highest BCUT2D eigenvalue weighted by atomic mass is 16.5. The number of amides is 1. The maximum atomic E-state index is 12.9. The summed E-state index contributed by atoms with van der Waals surface area (Å²) in [6, 6.07) is 3.55. The van der Waals surface area contributed by atoms with Gasteiger partial charge in [-0.3, -0.25) is 4.79 Å². The van der Waals surface area contributed by atoms with Crippen LogP contribution in [0.5, 0.6) is 5.75 Å². The standard InChI is InChI=1S/C18H18N6O2/c1-11(2)26-15-7-16-21-12(3)9-23(16)10-13(15)18(25)22-14-8-20-24-6-4-5-19-17(14)24/h4-11H,1-3H3,(H,22,25). The zero-order valence-corrected chi connectivity index (χ0v) is 14.7. The van der Waals surface area contributed by atoms with Crippen LogP contribution >= 0.6 is 0 Å². The monoisotopic (exact) mass is 350 g/mol. The van der Waals surface area contributed by atoms with Crippen LogP contribution in [-0.4, -0.2) is 36.0 Å². The lowest BCUT2D eigenvalue weighted by atomic mass is 10.2. The second-order valence-corrected chi connectivity index (χ2v) is 6.27. The zero-order valence-electron chi connectivity index (χ0n) is 14.7. The number of rotatable bonds is 4. The molecular formula is C18H18N6O2. The van der Waals surface area contributed by atoms with E-state index < -0.39 is 0 Å². The smallest absolute Gasteiger partial charge is 0.261 e. The van der Waals surface area contributed by atoms with Gasteiger partial charge in [-0.2, -0.15) is 5.10 Å². The van der Waals surface area contributed by atoms with Crippen molar-refractivity contribution in [2.75, 3.05) is 5.32 Å². The van der Waals surface area contributed by atoms with Crippen LogP contribution in [0.3, 0.4) is 0 Å². The summed E-state index contributed by atoms with van der Waals surface area (Å²) in [4.78, 5) is 21.6. The molecule has 8 heteroatoms. The Bertz CT molecular complexity index is 1110. The molecule has 0 bridgehead atoms. The van der Waals surface area contributed by atoms with Gasteiger partial charge in [0.2, 0.25) is 0 Å². The number of hydrogen-bond donors (Lipinski definition) is 1. The Morgan fingerprint density at radius 2 is 2.15 bits per heavy atom. The highest BCUT2D eigenvalue weighted by molar-refractivity contribution is 6.07. The van der Waals surface area contributed by atoms with E-state index in [0.717, 1.165) is 11.3 Å². The van der Waals surface area contributed by atoms with Crippen molar-refractivity contribution in [2.24, 2.45) is 0 Å². The second-order valence-electron chi connectivity index (χ2n) is 6.27. The number of ether oxygens (including phenoxy) is 1. The molecule has 8 nitrogen and oxygen atoms in total. The molecule has 4 heterocycles. The molecule has 26 heavy (non-hydrogen) atoms. The molecule has 0 saturated heterocycles. The first-order valence-electron chi connectivity index (χ1n) is 8.27. The molecule has 0 spiro atoms. The van der Waals surface area contributed by atoms with Crippen molar-refractivity contribution in [2.45, 2.75) is 26.9 Å². The molecule has 0 fully saturated rings. The number of aromatic nitrogens is 5. The molecule has 0 aliphatic rings. The van der Waals surface area contributed by atoms with Crippen molar-refractivity contribution < 1.29 is 9.53 Å². The molecule has 4 rings (SSSR count). The van der Waals surface area contributed by atoms with E-state index in [-0.39, 0.29) is 12.0 Å². The van der Waals surface area contributed by atoms with Gasteiger partial charge < -0.3 is 14.5 Å². The van der Waals surface area contributed by atoms with Crippen molar-refractivity contribution in [1.29, 1.82) is 0 Å². The molecule has 0 atom stereocenters. The minimum Gasteiger partial charge on any atom is -0.490 e. The third-order valence-corrected chi connectivity index (χ3v) is 3.81. The van der Waals surface area contributed by atoms with Crippen molar-refractivity contribution in [3.63, 3.8) is 0 Å². The van der Waals surface area contributed by atoms with Gasteiger partial charge in [-0.25, -0.2) is 14.5 Å². The first kappa shape index (κ1) is 16.1. The van der Waals surface area contributed by atoms with E-state index in [2.05, 4.69) is 20.4 Å². The van der Waals surface area contributed by atoms with Crippen molar-refractivity contribution >= 4 is 22.9 Å². The second kappa shape index (κ2) is 6.14. The highest BCUT2D eigenvalue weighted by Crippen LogP contribution is 2.24. The van der Waals surface area contributed by atoms with E-state index in [0.29, 0.717) is 22.6 Å². The summed E-state index contributed by atoms with van der Waals surface area (Å²) >= 11 is 0. The predicted octanol–water partition coefficient (Wildman–Crippen LogP) is 2.72. The summed E-state index contributed by atoms with van der Waals surface area (Å²) in [5.41, 5.74) is 3.12. The van der Waals surface area contributed by atoms with Gasteiger partial charge in [0.15, 0.2) is 5.65 Å². The average molecular weight is 350 g/mol. The summed E-state index contributed by atoms with van der Waals surface area (Å²) in [5, 5.41) is 7.05. The van der Waals surface area contributed by atoms with Crippen LogP contribution in [0.15, 0.2) is 43.1 Å². The largest absolute Gasteiger partial charge is 0.490 e. The van der Waals surface area contributed by atoms with Gasteiger partial charge in [0.05, 0.1) is 23.6 Å². The normalized spacial score (nSPS) is 11.4. The summed E-state index contributed by atoms with van der Waals surface area (Å²) in [6.45, 7) is 5.73. The highest BCUT2D eigenvalue weighted by Gasteiger charge is 2.18. The maximum absolute atomic E-state index is 12.9. The fourth-order valence-corrected chi connectivity index (χ4v) is 2.77. The number of nitrogens with zero attached hydrogens (tertiary/aromatic N) is 5. The van der Waals surface area contributed by atoms with E-state index in [1.165, 1.54) is 0 Å². The van der Waals surface area contributed by atoms with E-state index in [1.807, 2.05) is 31.4 Å². The van der Waals surface area contributed by atoms with Gasteiger partial charge in [-0.05, 0) is 26.8 Å². The van der Waals surface area contributed by atoms with Crippen LogP contribution in [0.4, 0.5) is 5.69 Å².